The number of amides is 1. The van der Waals surface area contributed by atoms with Crippen molar-refractivity contribution in [2.75, 3.05) is 19.8 Å². The Morgan fingerprint density at radius 2 is 1.70 bits per heavy atom. The average Bonchev–Trinajstić information content (AvgIpc) is 3.18. The van der Waals surface area contributed by atoms with Crippen LogP contribution in [0.3, 0.4) is 0 Å². The Morgan fingerprint density at radius 1 is 1.03 bits per heavy atom. The number of carbonyl (C=O) groups excluding carboxylic acids is 1. The Morgan fingerprint density at radius 3 is 2.36 bits per heavy atom. The summed E-state index contributed by atoms with van der Waals surface area (Å²) in [5.41, 5.74) is 4.87. The number of nitrogens with one attached hydrogen (secondary N) is 1. The van der Waals surface area contributed by atoms with Gasteiger partial charge in [-0.25, -0.2) is 4.79 Å². The number of alkyl carbamates (subject to hydrolysis) is 1. The summed E-state index contributed by atoms with van der Waals surface area (Å²) in [6.07, 6.45) is 7.19. The van der Waals surface area contributed by atoms with Gasteiger partial charge in [-0.3, -0.25) is 0 Å². The number of benzene rings is 2. The molecule has 0 bridgehead atoms. The molecule has 174 valence electrons. The van der Waals surface area contributed by atoms with Crippen LogP contribution in [0.5, 0.6) is 0 Å². The summed E-state index contributed by atoms with van der Waals surface area (Å²) in [4.78, 5) is 13.0. The van der Waals surface area contributed by atoms with Crippen LogP contribution in [0.2, 0.25) is 0 Å². The largest absolute Gasteiger partial charge is 0.449 e. The highest BCUT2D eigenvalue weighted by Gasteiger charge is 2.51. The summed E-state index contributed by atoms with van der Waals surface area (Å²) >= 11 is 0. The molecule has 33 heavy (non-hydrogen) atoms. The van der Waals surface area contributed by atoms with Crippen LogP contribution in [-0.2, 0) is 14.2 Å². The van der Waals surface area contributed by atoms with E-state index < -0.39 is 11.9 Å². The van der Waals surface area contributed by atoms with Gasteiger partial charge in [0.05, 0.1) is 19.3 Å². The summed E-state index contributed by atoms with van der Waals surface area (Å²) in [5.74, 6) is -0.472. The monoisotopic (exact) mass is 447 g/mol. The van der Waals surface area contributed by atoms with Crippen molar-refractivity contribution in [2.24, 2.45) is 5.92 Å². The molecule has 1 spiro atoms. The first-order chi connectivity index (χ1) is 16.2. The minimum Gasteiger partial charge on any atom is -0.449 e. The van der Waals surface area contributed by atoms with Gasteiger partial charge in [0.2, 0.25) is 0 Å². The Hall–Kier alpha value is -2.63. The van der Waals surface area contributed by atoms with Gasteiger partial charge in [0.25, 0.3) is 0 Å². The maximum atomic E-state index is 13.0. The normalized spacial score (nSPS) is 23.5. The van der Waals surface area contributed by atoms with Crippen molar-refractivity contribution < 1.29 is 19.0 Å². The number of carbonyl (C=O) groups is 1. The first kappa shape index (κ1) is 22.2. The maximum Gasteiger partial charge on any atom is 0.407 e. The Balaban J connectivity index is 1.28. The van der Waals surface area contributed by atoms with Gasteiger partial charge in [-0.15, -0.1) is 6.58 Å². The molecule has 1 heterocycles. The lowest BCUT2D eigenvalue weighted by Gasteiger charge is -2.50. The number of rotatable bonds is 6. The number of hydrogen-bond donors (Lipinski definition) is 1. The van der Waals surface area contributed by atoms with Gasteiger partial charge >= 0.3 is 6.09 Å². The van der Waals surface area contributed by atoms with Crippen molar-refractivity contribution in [1.29, 1.82) is 0 Å². The summed E-state index contributed by atoms with van der Waals surface area (Å²) < 4.78 is 18.4. The number of fused-ring (bicyclic) bond motifs is 3. The molecular formula is C28H33NO4. The van der Waals surface area contributed by atoms with Crippen LogP contribution in [0.25, 0.3) is 11.1 Å². The van der Waals surface area contributed by atoms with E-state index in [4.69, 9.17) is 14.2 Å². The molecule has 0 unspecified atom stereocenters. The van der Waals surface area contributed by atoms with E-state index in [0.717, 1.165) is 38.5 Å². The second-order valence-corrected chi connectivity index (χ2v) is 9.29. The summed E-state index contributed by atoms with van der Waals surface area (Å²) in [6, 6.07) is 16.5. The SMILES string of the molecule is C=CCC[C@@H]1CCC[C@H](NC(=O)OCC2c3ccccc3-c3ccccc32)C12OCCCO2. The van der Waals surface area contributed by atoms with Gasteiger partial charge in [-0.2, -0.15) is 0 Å². The van der Waals surface area contributed by atoms with Crippen molar-refractivity contribution in [3.63, 3.8) is 0 Å². The van der Waals surface area contributed by atoms with Gasteiger partial charge < -0.3 is 19.5 Å². The van der Waals surface area contributed by atoms with Crippen LogP contribution in [0, 0.1) is 5.92 Å². The number of ether oxygens (including phenoxy) is 3. The van der Waals surface area contributed by atoms with E-state index >= 15 is 0 Å². The van der Waals surface area contributed by atoms with Crippen molar-refractivity contribution in [2.45, 2.75) is 56.3 Å². The topological polar surface area (TPSA) is 56.8 Å². The zero-order chi connectivity index (χ0) is 22.7. The zero-order valence-electron chi connectivity index (χ0n) is 19.1. The fourth-order valence-corrected chi connectivity index (χ4v) is 5.88. The van der Waals surface area contributed by atoms with Crippen LogP contribution in [0.4, 0.5) is 4.79 Å². The maximum absolute atomic E-state index is 13.0. The molecule has 0 radical (unpaired) electrons. The predicted molar refractivity (Wildman–Crippen MR) is 128 cm³/mol. The van der Waals surface area contributed by atoms with Gasteiger partial charge in [0.15, 0.2) is 5.79 Å². The van der Waals surface area contributed by atoms with Gasteiger partial charge in [0.1, 0.15) is 6.61 Å². The smallest absolute Gasteiger partial charge is 0.407 e. The lowest BCUT2D eigenvalue weighted by atomic mass is 9.76. The minimum absolute atomic E-state index is 0.0472. The lowest BCUT2D eigenvalue weighted by molar-refractivity contribution is -0.316. The van der Waals surface area contributed by atoms with Crippen LogP contribution < -0.4 is 5.32 Å². The lowest BCUT2D eigenvalue weighted by Crippen LogP contribution is -2.63. The average molecular weight is 448 g/mol. The second kappa shape index (κ2) is 9.70. The predicted octanol–water partition coefficient (Wildman–Crippen LogP) is 5.79. The Labute approximate surface area is 196 Å². The molecule has 1 saturated heterocycles. The molecule has 2 aromatic carbocycles. The van der Waals surface area contributed by atoms with E-state index in [1.54, 1.807) is 0 Å². The molecular weight excluding hydrogens is 414 g/mol. The first-order valence-corrected chi connectivity index (χ1v) is 12.2. The molecule has 2 atom stereocenters. The van der Waals surface area contributed by atoms with Crippen LogP contribution in [-0.4, -0.2) is 37.7 Å². The highest BCUT2D eigenvalue weighted by molar-refractivity contribution is 5.79. The molecule has 3 aliphatic rings. The second-order valence-electron chi connectivity index (χ2n) is 9.29. The highest BCUT2D eigenvalue weighted by Crippen LogP contribution is 2.45. The molecule has 5 heteroatoms. The van der Waals surface area contributed by atoms with Gasteiger partial charge in [-0.1, -0.05) is 61.0 Å². The van der Waals surface area contributed by atoms with Gasteiger partial charge in [-0.05, 0) is 54.4 Å². The van der Waals surface area contributed by atoms with E-state index in [1.807, 2.05) is 18.2 Å². The number of hydrogen-bond acceptors (Lipinski definition) is 4. The standard InChI is InChI=1S/C28H33NO4/c1-2-3-10-20-11-8-16-26(28(20)32-17-9-18-33-28)29-27(30)31-19-25-23-14-6-4-12-21(23)22-13-5-7-15-24(22)25/h2,4-7,12-15,20,25-26H,1,3,8-11,16-19H2,(H,29,30)/t20-,26+/m1/s1. The zero-order valence-corrected chi connectivity index (χ0v) is 19.1. The fourth-order valence-electron chi connectivity index (χ4n) is 5.88. The quantitative estimate of drug-likeness (QED) is 0.569. The van der Waals surface area contributed by atoms with Crippen LogP contribution >= 0.6 is 0 Å². The third-order valence-corrected chi connectivity index (χ3v) is 7.40. The van der Waals surface area contributed by atoms with Crippen molar-refractivity contribution in [3.05, 3.63) is 72.3 Å². The molecule has 1 aliphatic heterocycles. The molecule has 1 amide bonds. The van der Waals surface area contributed by atoms with Crippen LogP contribution in [0.1, 0.15) is 55.6 Å². The third-order valence-electron chi connectivity index (χ3n) is 7.40. The molecule has 2 aromatic rings. The van der Waals surface area contributed by atoms with E-state index in [-0.39, 0.29) is 17.9 Å². The summed E-state index contributed by atoms with van der Waals surface area (Å²) in [5, 5.41) is 3.12. The molecule has 1 saturated carbocycles. The van der Waals surface area contributed by atoms with Crippen molar-refractivity contribution in [3.8, 4) is 11.1 Å². The summed E-state index contributed by atoms with van der Waals surface area (Å²) in [6.45, 7) is 5.50. The molecule has 0 aromatic heterocycles. The molecule has 2 fully saturated rings. The molecule has 2 aliphatic carbocycles. The fraction of sp³-hybridized carbons (Fsp3) is 0.464. The third kappa shape index (κ3) is 4.20. The van der Waals surface area contributed by atoms with Crippen molar-refractivity contribution >= 4 is 6.09 Å². The summed E-state index contributed by atoms with van der Waals surface area (Å²) in [7, 11) is 0. The molecule has 1 N–H and O–H groups in total. The molecule has 5 rings (SSSR count). The molecule has 5 nitrogen and oxygen atoms in total. The Kier molecular flexibility index (Phi) is 6.52. The van der Waals surface area contributed by atoms with E-state index in [2.05, 4.69) is 48.3 Å². The van der Waals surface area contributed by atoms with E-state index in [0.29, 0.717) is 19.8 Å². The number of allylic oxidation sites excluding steroid dienone is 1. The van der Waals surface area contributed by atoms with Gasteiger partial charge in [0, 0.05) is 11.8 Å². The van der Waals surface area contributed by atoms with E-state index in [9.17, 15) is 4.79 Å². The van der Waals surface area contributed by atoms with Crippen LogP contribution in [0.15, 0.2) is 61.2 Å². The highest BCUT2D eigenvalue weighted by atomic mass is 16.7. The first-order valence-electron chi connectivity index (χ1n) is 12.2. The Bertz CT molecular complexity index is 951. The van der Waals surface area contributed by atoms with Crippen molar-refractivity contribution in [1.82, 2.24) is 5.32 Å². The van der Waals surface area contributed by atoms with E-state index in [1.165, 1.54) is 22.3 Å². The minimum atomic E-state index is -0.759.